The quantitative estimate of drug-likeness (QED) is 0.881. The molecule has 0 spiro atoms. The van der Waals surface area contributed by atoms with E-state index in [1.54, 1.807) is 18.2 Å². The van der Waals surface area contributed by atoms with Crippen LogP contribution in [0.4, 0.5) is 5.69 Å². The molecule has 1 saturated heterocycles. The van der Waals surface area contributed by atoms with Gasteiger partial charge in [0.05, 0.1) is 11.3 Å². The molecular weight excluding hydrogens is 268 g/mol. The molecule has 2 rings (SSSR count). The molecule has 1 atom stereocenters. The number of halogens is 1. The van der Waals surface area contributed by atoms with Crippen LogP contribution in [0.1, 0.15) is 23.2 Å². The van der Waals surface area contributed by atoms with E-state index >= 15 is 0 Å². The molecule has 3 N–H and O–H groups in total. The SMILES string of the molecule is NC(=O)c1ccc(Cl)cc1N1CCC(CC(=O)O)C1. The van der Waals surface area contributed by atoms with E-state index in [1.807, 2.05) is 4.90 Å². The van der Waals surface area contributed by atoms with Gasteiger partial charge in [0, 0.05) is 24.5 Å². The molecule has 6 heteroatoms. The first-order valence-corrected chi connectivity index (χ1v) is 6.41. The Hall–Kier alpha value is -1.75. The van der Waals surface area contributed by atoms with Crippen molar-refractivity contribution in [1.29, 1.82) is 0 Å². The van der Waals surface area contributed by atoms with Gasteiger partial charge in [-0.1, -0.05) is 11.6 Å². The first kappa shape index (κ1) is 13.7. The third-order valence-corrected chi connectivity index (χ3v) is 3.55. The van der Waals surface area contributed by atoms with Gasteiger partial charge in [0.2, 0.25) is 0 Å². The van der Waals surface area contributed by atoms with Crippen molar-refractivity contribution in [2.75, 3.05) is 18.0 Å². The second-order valence-corrected chi connectivity index (χ2v) is 5.16. The largest absolute Gasteiger partial charge is 0.481 e. The Morgan fingerprint density at radius 1 is 1.47 bits per heavy atom. The number of rotatable bonds is 4. The third kappa shape index (κ3) is 3.17. The van der Waals surface area contributed by atoms with Crippen LogP contribution in [0.15, 0.2) is 18.2 Å². The smallest absolute Gasteiger partial charge is 0.303 e. The number of carboxylic acid groups (broad SMARTS) is 1. The van der Waals surface area contributed by atoms with Crippen molar-refractivity contribution in [2.45, 2.75) is 12.8 Å². The van der Waals surface area contributed by atoms with E-state index in [0.717, 1.165) is 6.42 Å². The van der Waals surface area contributed by atoms with Crippen LogP contribution in [0.5, 0.6) is 0 Å². The Kier molecular flexibility index (Phi) is 3.95. The van der Waals surface area contributed by atoms with Gasteiger partial charge in [-0.2, -0.15) is 0 Å². The number of nitrogens with two attached hydrogens (primary N) is 1. The van der Waals surface area contributed by atoms with Crippen LogP contribution >= 0.6 is 11.6 Å². The van der Waals surface area contributed by atoms with Crippen molar-refractivity contribution < 1.29 is 14.7 Å². The standard InChI is InChI=1S/C13H15ClN2O3/c14-9-1-2-10(13(15)19)11(6-9)16-4-3-8(7-16)5-12(17)18/h1-2,6,8H,3-5,7H2,(H2,15,19)(H,17,18). The van der Waals surface area contributed by atoms with Gasteiger partial charge in [-0.3, -0.25) is 9.59 Å². The summed E-state index contributed by atoms with van der Waals surface area (Å²) in [5.41, 5.74) is 6.45. The summed E-state index contributed by atoms with van der Waals surface area (Å²) in [6, 6.07) is 4.92. The summed E-state index contributed by atoms with van der Waals surface area (Å²) < 4.78 is 0. The number of amides is 1. The lowest BCUT2D eigenvalue weighted by atomic mass is 10.1. The molecule has 0 aliphatic carbocycles. The molecular formula is C13H15ClN2O3. The van der Waals surface area contributed by atoms with Gasteiger partial charge in [0.25, 0.3) is 5.91 Å². The van der Waals surface area contributed by atoms with E-state index < -0.39 is 11.9 Å². The summed E-state index contributed by atoms with van der Waals surface area (Å²) in [6.45, 7) is 1.31. The number of carboxylic acids is 1. The number of carbonyl (C=O) groups excluding carboxylic acids is 1. The summed E-state index contributed by atoms with van der Waals surface area (Å²) in [5.74, 6) is -1.21. The van der Waals surface area contributed by atoms with Crippen LogP contribution in [0.25, 0.3) is 0 Å². The zero-order valence-corrected chi connectivity index (χ0v) is 11.1. The zero-order valence-electron chi connectivity index (χ0n) is 10.3. The normalized spacial score (nSPS) is 18.6. The Balaban J connectivity index is 2.21. The molecule has 1 heterocycles. The molecule has 0 radical (unpaired) electrons. The summed E-state index contributed by atoms with van der Waals surface area (Å²) in [7, 11) is 0. The van der Waals surface area contributed by atoms with Gasteiger partial charge in [-0.15, -0.1) is 0 Å². The van der Waals surface area contributed by atoms with E-state index in [9.17, 15) is 9.59 Å². The average Bonchev–Trinajstić information content (AvgIpc) is 2.75. The van der Waals surface area contributed by atoms with Gasteiger partial charge < -0.3 is 15.7 Å². The van der Waals surface area contributed by atoms with E-state index in [4.69, 9.17) is 22.4 Å². The molecule has 1 unspecified atom stereocenters. The molecule has 1 aliphatic heterocycles. The lowest BCUT2D eigenvalue weighted by Crippen LogP contribution is -2.24. The molecule has 1 aromatic rings. The van der Waals surface area contributed by atoms with E-state index in [1.165, 1.54) is 0 Å². The Bertz CT molecular complexity index is 519. The summed E-state index contributed by atoms with van der Waals surface area (Å²) in [4.78, 5) is 24.1. The van der Waals surface area contributed by atoms with Crippen molar-refractivity contribution in [2.24, 2.45) is 11.7 Å². The van der Waals surface area contributed by atoms with Crippen molar-refractivity contribution in [3.05, 3.63) is 28.8 Å². The molecule has 1 fully saturated rings. The number of hydrogen-bond donors (Lipinski definition) is 2. The van der Waals surface area contributed by atoms with Gasteiger partial charge in [-0.25, -0.2) is 0 Å². The summed E-state index contributed by atoms with van der Waals surface area (Å²) in [5, 5.41) is 9.33. The van der Waals surface area contributed by atoms with Crippen molar-refractivity contribution in [3.8, 4) is 0 Å². The van der Waals surface area contributed by atoms with Crippen LogP contribution in [0, 0.1) is 5.92 Å². The average molecular weight is 283 g/mol. The highest BCUT2D eigenvalue weighted by Crippen LogP contribution is 2.30. The number of carbonyl (C=O) groups is 2. The number of benzene rings is 1. The topological polar surface area (TPSA) is 83.6 Å². The fourth-order valence-electron chi connectivity index (χ4n) is 2.44. The lowest BCUT2D eigenvalue weighted by molar-refractivity contribution is -0.137. The van der Waals surface area contributed by atoms with E-state index in [-0.39, 0.29) is 12.3 Å². The van der Waals surface area contributed by atoms with Crippen LogP contribution in [-0.2, 0) is 4.79 Å². The second-order valence-electron chi connectivity index (χ2n) is 4.72. The minimum absolute atomic E-state index is 0.0946. The maximum absolute atomic E-state index is 11.4. The van der Waals surface area contributed by atoms with Crippen LogP contribution in [-0.4, -0.2) is 30.1 Å². The molecule has 19 heavy (non-hydrogen) atoms. The number of primary amides is 1. The van der Waals surface area contributed by atoms with E-state index in [0.29, 0.717) is 29.4 Å². The number of anilines is 1. The number of hydrogen-bond acceptors (Lipinski definition) is 3. The molecule has 1 aromatic carbocycles. The highest BCUT2D eigenvalue weighted by atomic mass is 35.5. The minimum Gasteiger partial charge on any atom is -0.481 e. The first-order chi connectivity index (χ1) is 8.97. The van der Waals surface area contributed by atoms with Gasteiger partial charge in [0.1, 0.15) is 0 Å². The second kappa shape index (κ2) is 5.48. The molecule has 0 saturated carbocycles. The zero-order chi connectivity index (χ0) is 14.0. The van der Waals surface area contributed by atoms with Crippen LogP contribution in [0.2, 0.25) is 5.02 Å². The fourth-order valence-corrected chi connectivity index (χ4v) is 2.61. The lowest BCUT2D eigenvalue weighted by Gasteiger charge is -2.21. The Morgan fingerprint density at radius 2 is 2.21 bits per heavy atom. The van der Waals surface area contributed by atoms with Gasteiger partial charge >= 0.3 is 5.97 Å². The molecule has 1 aliphatic rings. The minimum atomic E-state index is -0.798. The Labute approximate surface area is 116 Å². The van der Waals surface area contributed by atoms with E-state index in [2.05, 4.69) is 0 Å². The predicted molar refractivity (Wildman–Crippen MR) is 72.5 cm³/mol. The highest BCUT2D eigenvalue weighted by Gasteiger charge is 2.26. The van der Waals surface area contributed by atoms with Crippen molar-refractivity contribution >= 4 is 29.2 Å². The van der Waals surface area contributed by atoms with Crippen molar-refractivity contribution in [1.82, 2.24) is 0 Å². The summed E-state index contributed by atoms with van der Waals surface area (Å²) in [6.07, 6.45) is 0.931. The van der Waals surface area contributed by atoms with Crippen molar-refractivity contribution in [3.63, 3.8) is 0 Å². The number of nitrogens with zero attached hydrogens (tertiary/aromatic N) is 1. The molecule has 0 aromatic heterocycles. The predicted octanol–water partition coefficient (Wildman–Crippen LogP) is 1.74. The Morgan fingerprint density at radius 3 is 2.84 bits per heavy atom. The summed E-state index contributed by atoms with van der Waals surface area (Å²) >= 11 is 5.95. The number of aliphatic carboxylic acids is 1. The van der Waals surface area contributed by atoms with Crippen LogP contribution < -0.4 is 10.6 Å². The maximum Gasteiger partial charge on any atom is 0.303 e. The first-order valence-electron chi connectivity index (χ1n) is 6.03. The third-order valence-electron chi connectivity index (χ3n) is 3.32. The van der Waals surface area contributed by atoms with Crippen LogP contribution in [0.3, 0.4) is 0 Å². The molecule has 102 valence electrons. The monoisotopic (exact) mass is 282 g/mol. The maximum atomic E-state index is 11.4. The molecule has 5 nitrogen and oxygen atoms in total. The highest BCUT2D eigenvalue weighted by molar-refractivity contribution is 6.31. The molecule has 0 bridgehead atoms. The van der Waals surface area contributed by atoms with Gasteiger partial charge in [0.15, 0.2) is 0 Å². The fraction of sp³-hybridized carbons (Fsp3) is 0.385. The molecule has 1 amide bonds. The van der Waals surface area contributed by atoms with Gasteiger partial charge in [-0.05, 0) is 30.5 Å².